The van der Waals surface area contributed by atoms with Gasteiger partial charge < -0.3 is 10.5 Å². The van der Waals surface area contributed by atoms with E-state index in [1.165, 1.54) is 5.56 Å². The third-order valence-electron chi connectivity index (χ3n) is 2.61. The van der Waals surface area contributed by atoms with Crippen molar-refractivity contribution in [2.45, 2.75) is 26.8 Å². The highest BCUT2D eigenvalue weighted by Crippen LogP contribution is 2.20. The fourth-order valence-corrected chi connectivity index (χ4v) is 1.69. The van der Waals surface area contributed by atoms with Crippen LogP contribution in [0.15, 0.2) is 30.3 Å². The first-order chi connectivity index (χ1) is 8.71. The minimum absolute atomic E-state index is 0.351. The lowest BCUT2D eigenvalue weighted by Gasteiger charge is -2.07. The van der Waals surface area contributed by atoms with Gasteiger partial charge >= 0.3 is 6.01 Å². The fourth-order valence-electron chi connectivity index (χ4n) is 1.69. The van der Waals surface area contributed by atoms with Crippen LogP contribution in [-0.2, 0) is 13.0 Å². The Kier molecular flexibility index (Phi) is 3.89. The molecule has 2 N–H and O–H groups in total. The van der Waals surface area contributed by atoms with E-state index in [0.717, 1.165) is 23.6 Å². The molecule has 4 nitrogen and oxygen atoms in total. The Balaban J connectivity index is 2.24. The Morgan fingerprint density at radius 3 is 2.78 bits per heavy atom. The summed E-state index contributed by atoms with van der Waals surface area (Å²) in [5, 5.41) is 0. The van der Waals surface area contributed by atoms with Crippen LogP contribution in [0, 0.1) is 6.92 Å². The zero-order valence-corrected chi connectivity index (χ0v) is 10.7. The standard InChI is InChI=1S/C14H17N3O/c1-3-11-5-4-6-13(8-11)18-14-16-10(2)7-12(9-15)17-14/h4-8H,3,9,15H2,1-2H3. The van der Waals surface area contributed by atoms with Crippen molar-refractivity contribution in [3.63, 3.8) is 0 Å². The van der Waals surface area contributed by atoms with Gasteiger partial charge in [-0.3, -0.25) is 0 Å². The first kappa shape index (κ1) is 12.5. The number of nitrogens with zero attached hydrogens (tertiary/aromatic N) is 2. The van der Waals surface area contributed by atoms with Crippen molar-refractivity contribution >= 4 is 0 Å². The molecule has 0 radical (unpaired) electrons. The molecule has 0 aliphatic carbocycles. The van der Waals surface area contributed by atoms with Gasteiger partial charge in [-0.25, -0.2) is 4.98 Å². The summed E-state index contributed by atoms with van der Waals surface area (Å²) in [6.45, 7) is 4.39. The van der Waals surface area contributed by atoms with Gasteiger partial charge in [0.25, 0.3) is 0 Å². The molecule has 2 rings (SSSR count). The number of ether oxygens (including phenoxy) is 1. The molecule has 0 saturated carbocycles. The molecule has 0 atom stereocenters. The van der Waals surface area contributed by atoms with Gasteiger partial charge in [-0.05, 0) is 37.1 Å². The molecule has 2 aromatic rings. The van der Waals surface area contributed by atoms with E-state index in [4.69, 9.17) is 10.5 Å². The normalized spacial score (nSPS) is 10.4. The summed E-state index contributed by atoms with van der Waals surface area (Å²) in [7, 11) is 0. The molecule has 0 spiro atoms. The van der Waals surface area contributed by atoms with Crippen LogP contribution >= 0.6 is 0 Å². The molecule has 1 aromatic carbocycles. The highest BCUT2D eigenvalue weighted by Gasteiger charge is 2.04. The third-order valence-corrected chi connectivity index (χ3v) is 2.61. The van der Waals surface area contributed by atoms with Gasteiger partial charge in [0.1, 0.15) is 5.75 Å². The molecule has 18 heavy (non-hydrogen) atoms. The maximum Gasteiger partial charge on any atom is 0.322 e. The van der Waals surface area contributed by atoms with Gasteiger partial charge in [0.2, 0.25) is 0 Å². The molecule has 0 fully saturated rings. The van der Waals surface area contributed by atoms with Crippen molar-refractivity contribution < 1.29 is 4.74 Å². The highest BCUT2D eigenvalue weighted by atomic mass is 16.5. The number of aromatic nitrogens is 2. The third kappa shape index (κ3) is 3.05. The Morgan fingerprint density at radius 2 is 2.06 bits per heavy atom. The molecule has 0 bridgehead atoms. The Bertz CT molecular complexity index is 540. The van der Waals surface area contributed by atoms with Crippen molar-refractivity contribution in [3.8, 4) is 11.8 Å². The van der Waals surface area contributed by atoms with Crippen LogP contribution in [0.4, 0.5) is 0 Å². The van der Waals surface area contributed by atoms with Gasteiger partial charge in [-0.2, -0.15) is 4.98 Å². The molecule has 0 unspecified atom stereocenters. The number of rotatable bonds is 4. The number of hydrogen-bond acceptors (Lipinski definition) is 4. The van der Waals surface area contributed by atoms with Gasteiger partial charge in [-0.1, -0.05) is 19.1 Å². The van der Waals surface area contributed by atoms with Gasteiger partial charge in [0.15, 0.2) is 0 Å². The lowest BCUT2D eigenvalue weighted by molar-refractivity contribution is 0.437. The van der Waals surface area contributed by atoms with E-state index in [2.05, 4.69) is 23.0 Å². The van der Waals surface area contributed by atoms with Crippen LogP contribution in [0.3, 0.4) is 0 Å². The van der Waals surface area contributed by atoms with Crippen molar-refractivity contribution in [3.05, 3.63) is 47.3 Å². The Labute approximate surface area is 107 Å². The SMILES string of the molecule is CCc1cccc(Oc2nc(C)cc(CN)n2)c1. The van der Waals surface area contributed by atoms with Crippen molar-refractivity contribution in [2.75, 3.05) is 0 Å². The largest absolute Gasteiger partial charge is 0.424 e. The van der Waals surface area contributed by atoms with Crippen molar-refractivity contribution in [1.29, 1.82) is 0 Å². The lowest BCUT2D eigenvalue weighted by Crippen LogP contribution is -2.03. The van der Waals surface area contributed by atoms with E-state index < -0.39 is 0 Å². The molecule has 0 aliphatic rings. The van der Waals surface area contributed by atoms with E-state index in [-0.39, 0.29) is 0 Å². The number of nitrogens with two attached hydrogens (primary N) is 1. The zero-order chi connectivity index (χ0) is 13.0. The summed E-state index contributed by atoms with van der Waals surface area (Å²) in [4.78, 5) is 8.49. The lowest BCUT2D eigenvalue weighted by atomic mass is 10.2. The van der Waals surface area contributed by atoms with Gasteiger partial charge in [-0.15, -0.1) is 0 Å². The van der Waals surface area contributed by atoms with Crippen LogP contribution in [0.25, 0.3) is 0 Å². The fraction of sp³-hybridized carbons (Fsp3) is 0.286. The van der Waals surface area contributed by atoms with Gasteiger partial charge in [0, 0.05) is 12.2 Å². The molecule has 94 valence electrons. The second-order valence-electron chi connectivity index (χ2n) is 4.09. The quantitative estimate of drug-likeness (QED) is 0.896. The van der Waals surface area contributed by atoms with E-state index in [9.17, 15) is 0 Å². The predicted octanol–water partition coefficient (Wildman–Crippen LogP) is 2.60. The minimum atomic E-state index is 0.351. The van der Waals surface area contributed by atoms with Crippen LogP contribution in [0.5, 0.6) is 11.8 Å². The second kappa shape index (κ2) is 5.60. The second-order valence-corrected chi connectivity index (χ2v) is 4.09. The van der Waals surface area contributed by atoms with Crippen molar-refractivity contribution in [1.82, 2.24) is 9.97 Å². The monoisotopic (exact) mass is 243 g/mol. The minimum Gasteiger partial charge on any atom is -0.424 e. The van der Waals surface area contributed by atoms with E-state index in [0.29, 0.717) is 12.6 Å². The topological polar surface area (TPSA) is 61.0 Å². The summed E-state index contributed by atoms with van der Waals surface area (Å²) in [6.07, 6.45) is 0.972. The van der Waals surface area contributed by atoms with E-state index in [1.807, 2.05) is 31.2 Å². The van der Waals surface area contributed by atoms with Crippen LogP contribution in [-0.4, -0.2) is 9.97 Å². The van der Waals surface area contributed by atoms with Crippen molar-refractivity contribution in [2.24, 2.45) is 5.73 Å². The summed E-state index contributed by atoms with van der Waals surface area (Å²) in [6, 6.07) is 10.1. The number of benzene rings is 1. The first-order valence-corrected chi connectivity index (χ1v) is 6.02. The molecule has 1 heterocycles. The van der Waals surface area contributed by atoms with Crippen LogP contribution in [0.2, 0.25) is 0 Å². The average Bonchev–Trinajstić information content (AvgIpc) is 2.38. The summed E-state index contributed by atoms with van der Waals surface area (Å²) < 4.78 is 5.67. The average molecular weight is 243 g/mol. The molecule has 4 heteroatoms. The highest BCUT2D eigenvalue weighted by molar-refractivity contribution is 5.30. The summed E-state index contributed by atoms with van der Waals surface area (Å²) in [5.41, 5.74) is 8.44. The molecule has 1 aromatic heterocycles. The smallest absolute Gasteiger partial charge is 0.322 e. The maximum absolute atomic E-state index is 5.67. The number of hydrogen-bond donors (Lipinski definition) is 1. The van der Waals surface area contributed by atoms with Crippen LogP contribution < -0.4 is 10.5 Å². The maximum atomic E-state index is 5.67. The van der Waals surface area contributed by atoms with E-state index in [1.54, 1.807) is 0 Å². The Hall–Kier alpha value is -1.94. The predicted molar refractivity (Wildman–Crippen MR) is 70.6 cm³/mol. The molecule has 0 amide bonds. The molecule has 0 saturated heterocycles. The Morgan fingerprint density at radius 1 is 1.22 bits per heavy atom. The molecular formula is C14H17N3O. The first-order valence-electron chi connectivity index (χ1n) is 6.02. The molecular weight excluding hydrogens is 226 g/mol. The van der Waals surface area contributed by atoms with E-state index >= 15 is 0 Å². The van der Waals surface area contributed by atoms with Crippen LogP contribution in [0.1, 0.15) is 23.9 Å². The number of aryl methyl sites for hydroxylation is 2. The molecule has 0 aliphatic heterocycles. The zero-order valence-electron chi connectivity index (χ0n) is 10.7. The summed E-state index contributed by atoms with van der Waals surface area (Å²) >= 11 is 0. The van der Waals surface area contributed by atoms with Gasteiger partial charge in [0.05, 0.1) is 5.69 Å². The summed E-state index contributed by atoms with van der Waals surface area (Å²) in [5.74, 6) is 0.753.